The highest BCUT2D eigenvalue weighted by atomic mass is 32.1. The molecule has 0 amide bonds. The van der Waals surface area contributed by atoms with Crippen LogP contribution in [0.1, 0.15) is 27.2 Å². The third-order valence-corrected chi connectivity index (χ3v) is 4.99. The van der Waals surface area contributed by atoms with E-state index in [0.717, 1.165) is 29.8 Å². The molecular weight excluding hydrogens is 282 g/mol. The molecule has 2 aromatic rings. The van der Waals surface area contributed by atoms with Gasteiger partial charge in [0, 0.05) is 24.3 Å². The average molecular weight is 301 g/mol. The van der Waals surface area contributed by atoms with Crippen LogP contribution in [-0.4, -0.2) is 31.5 Å². The summed E-state index contributed by atoms with van der Waals surface area (Å²) in [4.78, 5) is 15.7. The zero-order valence-corrected chi connectivity index (χ0v) is 13.2. The van der Waals surface area contributed by atoms with Gasteiger partial charge in [-0.1, -0.05) is 24.3 Å². The topological polar surface area (TPSA) is 29.5 Å². The first kappa shape index (κ1) is 14.3. The van der Waals surface area contributed by atoms with E-state index in [1.54, 1.807) is 11.3 Å². The fraction of sp³-hybridized carbons (Fsp3) is 0.353. The van der Waals surface area contributed by atoms with Crippen LogP contribution >= 0.6 is 11.3 Å². The molecule has 0 radical (unpaired) electrons. The number of cyclic esters (lactones) is 1. The van der Waals surface area contributed by atoms with Crippen molar-refractivity contribution in [2.75, 3.05) is 20.6 Å². The Balaban J connectivity index is 2.00. The van der Waals surface area contributed by atoms with Crippen LogP contribution in [0.15, 0.2) is 41.8 Å². The number of ether oxygens (including phenoxy) is 1. The van der Waals surface area contributed by atoms with Crippen molar-refractivity contribution < 1.29 is 9.53 Å². The molecule has 21 heavy (non-hydrogen) atoms. The minimum atomic E-state index is -0.524. The lowest BCUT2D eigenvalue weighted by atomic mass is 9.85. The highest BCUT2D eigenvalue weighted by molar-refractivity contribution is 7.10. The molecule has 1 aliphatic heterocycles. The Morgan fingerprint density at radius 2 is 2.05 bits per heavy atom. The summed E-state index contributed by atoms with van der Waals surface area (Å²) in [6.45, 7) is 0.882. The van der Waals surface area contributed by atoms with Gasteiger partial charge in [-0.05, 0) is 37.2 Å². The normalized spacial score (nSPS) is 21.2. The maximum Gasteiger partial charge on any atom is 0.339 e. The molecule has 1 aromatic heterocycles. The van der Waals surface area contributed by atoms with Gasteiger partial charge >= 0.3 is 5.97 Å². The summed E-state index contributed by atoms with van der Waals surface area (Å²) >= 11 is 1.66. The third-order valence-electron chi connectivity index (χ3n) is 3.93. The Bertz CT molecular complexity index is 636. The second-order valence-electron chi connectivity index (χ2n) is 5.75. The van der Waals surface area contributed by atoms with Crippen molar-refractivity contribution in [3.05, 3.63) is 57.8 Å². The van der Waals surface area contributed by atoms with E-state index in [0.29, 0.717) is 5.56 Å². The largest absolute Gasteiger partial charge is 0.449 e. The summed E-state index contributed by atoms with van der Waals surface area (Å²) in [6, 6.07) is 11.9. The number of carbonyl (C=O) groups excluding carboxylic acids is 1. The van der Waals surface area contributed by atoms with Crippen molar-refractivity contribution in [2.45, 2.75) is 18.4 Å². The molecule has 0 N–H and O–H groups in total. The number of nitrogens with zero attached hydrogens (tertiary/aromatic N) is 1. The van der Waals surface area contributed by atoms with Crippen molar-refractivity contribution >= 4 is 17.3 Å². The summed E-state index contributed by atoms with van der Waals surface area (Å²) in [5.74, 6) is -0.205. The Labute approximate surface area is 129 Å². The van der Waals surface area contributed by atoms with Gasteiger partial charge in [-0.3, -0.25) is 0 Å². The van der Waals surface area contributed by atoms with Gasteiger partial charge in [-0.2, -0.15) is 0 Å². The van der Waals surface area contributed by atoms with Crippen LogP contribution in [-0.2, 0) is 16.8 Å². The van der Waals surface area contributed by atoms with E-state index < -0.39 is 5.60 Å². The molecule has 2 heterocycles. The number of carbonyl (C=O) groups is 1. The van der Waals surface area contributed by atoms with Gasteiger partial charge in [0.15, 0.2) is 5.60 Å². The van der Waals surface area contributed by atoms with Gasteiger partial charge in [-0.15, -0.1) is 11.3 Å². The molecule has 1 aromatic carbocycles. The zero-order chi connectivity index (χ0) is 14.9. The molecule has 0 aliphatic carbocycles. The van der Waals surface area contributed by atoms with Crippen molar-refractivity contribution in [2.24, 2.45) is 0 Å². The number of fused-ring (bicyclic) bond motifs is 1. The lowest BCUT2D eigenvalue weighted by Gasteiger charge is -2.37. The Hall–Kier alpha value is -1.65. The van der Waals surface area contributed by atoms with Crippen molar-refractivity contribution in [3.63, 3.8) is 0 Å². The SMILES string of the molecule is CN(C)CCC1(c2cccs2)Cc2ccccc2C(=O)O1. The van der Waals surface area contributed by atoms with Crippen LogP contribution in [0.2, 0.25) is 0 Å². The van der Waals surface area contributed by atoms with Gasteiger partial charge in [0.1, 0.15) is 0 Å². The number of benzene rings is 1. The van der Waals surface area contributed by atoms with Crippen molar-refractivity contribution in [1.82, 2.24) is 4.90 Å². The molecule has 3 rings (SSSR count). The molecule has 0 saturated heterocycles. The molecule has 0 saturated carbocycles. The van der Waals surface area contributed by atoms with Gasteiger partial charge < -0.3 is 9.64 Å². The Morgan fingerprint density at radius 1 is 1.24 bits per heavy atom. The number of esters is 1. The number of hydrogen-bond donors (Lipinski definition) is 0. The maximum atomic E-state index is 12.4. The molecule has 110 valence electrons. The molecule has 3 nitrogen and oxygen atoms in total. The predicted octanol–water partition coefficient (Wildman–Crippen LogP) is 3.31. The second kappa shape index (κ2) is 5.62. The fourth-order valence-corrected chi connectivity index (χ4v) is 3.68. The summed E-state index contributed by atoms with van der Waals surface area (Å²) in [5.41, 5.74) is 1.26. The average Bonchev–Trinajstić information content (AvgIpc) is 3.00. The third kappa shape index (κ3) is 2.74. The molecular formula is C17H19NO2S. The van der Waals surface area contributed by atoms with Crippen LogP contribution in [0.3, 0.4) is 0 Å². The van der Waals surface area contributed by atoms with Crippen molar-refractivity contribution in [3.8, 4) is 0 Å². The van der Waals surface area contributed by atoms with E-state index >= 15 is 0 Å². The van der Waals surface area contributed by atoms with E-state index in [2.05, 4.69) is 11.0 Å². The van der Waals surface area contributed by atoms with E-state index in [-0.39, 0.29) is 5.97 Å². The van der Waals surface area contributed by atoms with Crippen molar-refractivity contribution in [1.29, 1.82) is 0 Å². The zero-order valence-electron chi connectivity index (χ0n) is 12.3. The standard InChI is InChI=1S/C17H19NO2S/c1-18(2)10-9-17(15-8-5-11-21-15)12-13-6-3-4-7-14(13)16(19)20-17/h3-8,11H,9-10,12H2,1-2H3. The minimum absolute atomic E-state index is 0.205. The molecule has 1 atom stereocenters. The van der Waals surface area contributed by atoms with Gasteiger partial charge in [-0.25, -0.2) is 4.79 Å². The van der Waals surface area contributed by atoms with Gasteiger partial charge in [0.05, 0.1) is 5.56 Å². The number of rotatable bonds is 4. The Kier molecular flexibility index (Phi) is 3.83. The summed E-state index contributed by atoms with van der Waals surface area (Å²) in [7, 11) is 4.08. The van der Waals surface area contributed by atoms with Crippen LogP contribution in [0.5, 0.6) is 0 Å². The second-order valence-corrected chi connectivity index (χ2v) is 6.70. The smallest absolute Gasteiger partial charge is 0.339 e. The monoisotopic (exact) mass is 301 g/mol. The molecule has 0 fully saturated rings. The number of hydrogen-bond acceptors (Lipinski definition) is 4. The lowest BCUT2D eigenvalue weighted by Crippen LogP contribution is -2.40. The summed E-state index contributed by atoms with van der Waals surface area (Å²) < 4.78 is 5.94. The van der Waals surface area contributed by atoms with Crippen LogP contribution in [0, 0.1) is 0 Å². The molecule has 0 bridgehead atoms. The van der Waals surface area contributed by atoms with E-state index in [1.807, 2.05) is 49.8 Å². The minimum Gasteiger partial charge on any atom is -0.449 e. The first-order valence-corrected chi connectivity index (χ1v) is 7.99. The summed E-state index contributed by atoms with van der Waals surface area (Å²) in [5, 5.41) is 2.04. The quantitative estimate of drug-likeness (QED) is 0.812. The molecule has 1 unspecified atom stereocenters. The first-order valence-electron chi connectivity index (χ1n) is 7.11. The fourth-order valence-electron chi connectivity index (χ4n) is 2.79. The molecule has 0 spiro atoms. The first-order chi connectivity index (χ1) is 10.1. The molecule has 1 aliphatic rings. The Morgan fingerprint density at radius 3 is 2.76 bits per heavy atom. The van der Waals surface area contributed by atoms with Crippen LogP contribution < -0.4 is 0 Å². The van der Waals surface area contributed by atoms with E-state index in [4.69, 9.17) is 4.74 Å². The predicted molar refractivity (Wildman–Crippen MR) is 84.7 cm³/mol. The maximum absolute atomic E-state index is 12.4. The van der Waals surface area contributed by atoms with E-state index in [9.17, 15) is 4.79 Å². The summed E-state index contributed by atoms with van der Waals surface area (Å²) in [6.07, 6.45) is 1.56. The highest BCUT2D eigenvalue weighted by Crippen LogP contribution is 2.41. The van der Waals surface area contributed by atoms with Crippen LogP contribution in [0.25, 0.3) is 0 Å². The number of thiophene rings is 1. The lowest BCUT2D eigenvalue weighted by molar-refractivity contribution is -0.0335. The van der Waals surface area contributed by atoms with Crippen LogP contribution in [0.4, 0.5) is 0 Å². The van der Waals surface area contributed by atoms with Gasteiger partial charge in [0.2, 0.25) is 0 Å². The van der Waals surface area contributed by atoms with Gasteiger partial charge in [0.25, 0.3) is 0 Å². The molecule has 4 heteroatoms. The van der Waals surface area contributed by atoms with E-state index in [1.165, 1.54) is 0 Å². The highest BCUT2D eigenvalue weighted by Gasteiger charge is 2.42.